The van der Waals surface area contributed by atoms with Crippen molar-refractivity contribution in [1.82, 2.24) is 4.57 Å². The molecule has 0 radical (unpaired) electrons. The number of aromatic nitrogens is 2. The number of aliphatic carboxylic acids is 1. The van der Waals surface area contributed by atoms with E-state index >= 15 is 0 Å². The van der Waals surface area contributed by atoms with Crippen LogP contribution in [0.4, 0.5) is 0 Å². The first-order chi connectivity index (χ1) is 11.1. The number of carboxylic acids is 1. The van der Waals surface area contributed by atoms with Crippen LogP contribution in [0.3, 0.4) is 0 Å². The fourth-order valence-electron chi connectivity index (χ4n) is 1.59. The molecule has 0 unspecified atom stereocenters. The number of carboxylic acid groups (broad SMARTS) is 1. The average molecular weight is 330 g/mol. The third-order valence-corrected chi connectivity index (χ3v) is 2.85. The molecule has 0 aromatic carbocycles. The summed E-state index contributed by atoms with van der Waals surface area (Å²) < 4.78 is 19.0. The first-order valence-electron chi connectivity index (χ1n) is 7.95. The van der Waals surface area contributed by atoms with E-state index in [1.807, 2.05) is 7.05 Å². The van der Waals surface area contributed by atoms with Gasteiger partial charge in [-0.1, -0.05) is 13.3 Å². The van der Waals surface area contributed by atoms with Crippen molar-refractivity contribution in [3.05, 3.63) is 18.7 Å². The van der Waals surface area contributed by atoms with E-state index in [9.17, 15) is 9.90 Å². The number of hydrogen-bond acceptors (Lipinski definition) is 5. The maximum absolute atomic E-state index is 9.93. The summed E-state index contributed by atoms with van der Waals surface area (Å²) in [4.78, 5) is 9.93. The molecule has 23 heavy (non-hydrogen) atoms. The zero-order valence-electron chi connectivity index (χ0n) is 14.5. The van der Waals surface area contributed by atoms with Crippen LogP contribution in [0.15, 0.2) is 18.7 Å². The summed E-state index contributed by atoms with van der Waals surface area (Å²) in [6.07, 6.45) is 8.75. The highest BCUT2D eigenvalue weighted by atomic mass is 16.5. The number of unbranched alkanes of at least 4 members (excludes halogenated alkanes) is 1. The normalized spacial score (nSPS) is 10.2. The van der Waals surface area contributed by atoms with Crippen LogP contribution in [0.25, 0.3) is 0 Å². The molecule has 0 saturated carbocycles. The molecule has 0 bridgehead atoms. The Morgan fingerprint density at radius 1 is 1.17 bits per heavy atom. The van der Waals surface area contributed by atoms with Crippen molar-refractivity contribution in [2.75, 3.05) is 40.1 Å². The molecular formula is C16H30N2O5. The summed E-state index contributed by atoms with van der Waals surface area (Å²) in [5.41, 5.74) is 0. The van der Waals surface area contributed by atoms with Gasteiger partial charge in [0.05, 0.1) is 46.6 Å². The van der Waals surface area contributed by atoms with Crippen molar-refractivity contribution in [2.24, 2.45) is 7.05 Å². The second kappa shape index (κ2) is 15.5. The highest BCUT2D eigenvalue weighted by Crippen LogP contribution is 1.91. The molecular weight excluding hydrogens is 300 g/mol. The van der Waals surface area contributed by atoms with Gasteiger partial charge in [-0.15, -0.1) is 0 Å². The van der Waals surface area contributed by atoms with Crippen molar-refractivity contribution >= 4 is 5.97 Å². The molecule has 7 heteroatoms. The van der Waals surface area contributed by atoms with Gasteiger partial charge in [0.2, 0.25) is 6.33 Å². The monoisotopic (exact) mass is 330 g/mol. The number of carbonyl (C=O) groups is 1. The SMILES string of the molecule is CCCCn1cc[n+](C)c1.COCCOCCOCCC(=O)[O-]. The van der Waals surface area contributed by atoms with Gasteiger partial charge in [0, 0.05) is 19.5 Å². The minimum atomic E-state index is -1.10. The van der Waals surface area contributed by atoms with Crippen LogP contribution in [0.1, 0.15) is 26.2 Å². The molecule has 1 rings (SSSR count). The first kappa shape index (κ1) is 21.6. The number of ether oxygens (including phenoxy) is 3. The van der Waals surface area contributed by atoms with Crippen molar-refractivity contribution < 1.29 is 28.7 Å². The molecule has 0 aliphatic carbocycles. The Bertz CT molecular complexity index is 396. The maximum Gasteiger partial charge on any atom is 0.243 e. The molecule has 0 amide bonds. The second-order valence-electron chi connectivity index (χ2n) is 5.01. The lowest BCUT2D eigenvalue weighted by Crippen LogP contribution is -2.23. The topological polar surface area (TPSA) is 76.6 Å². The Hall–Kier alpha value is -1.44. The zero-order valence-corrected chi connectivity index (χ0v) is 14.5. The lowest BCUT2D eigenvalue weighted by atomic mass is 10.3. The maximum atomic E-state index is 9.93. The zero-order chi connectivity index (χ0) is 17.3. The van der Waals surface area contributed by atoms with Crippen LogP contribution in [0.5, 0.6) is 0 Å². The molecule has 0 spiro atoms. The lowest BCUT2D eigenvalue weighted by Gasteiger charge is -2.05. The van der Waals surface area contributed by atoms with Gasteiger partial charge in [-0.05, 0) is 6.42 Å². The largest absolute Gasteiger partial charge is 0.550 e. The van der Waals surface area contributed by atoms with Crippen molar-refractivity contribution in [3.63, 3.8) is 0 Å². The third-order valence-electron chi connectivity index (χ3n) is 2.85. The van der Waals surface area contributed by atoms with Crippen molar-refractivity contribution in [2.45, 2.75) is 32.7 Å². The molecule has 1 aromatic heterocycles. The smallest absolute Gasteiger partial charge is 0.243 e. The molecule has 1 aromatic rings. The highest BCUT2D eigenvalue weighted by molar-refractivity contribution is 5.64. The minimum Gasteiger partial charge on any atom is -0.550 e. The number of aryl methyl sites for hydroxylation is 2. The van der Waals surface area contributed by atoms with Crippen LogP contribution in [-0.2, 0) is 32.6 Å². The fraction of sp³-hybridized carbons (Fsp3) is 0.750. The average Bonchev–Trinajstić information content (AvgIpc) is 2.94. The minimum absolute atomic E-state index is 0.0714. The molecule has 7 nitrogen and oxygen atoms in total. The van der Waals surface area contributed by atoms with E-state index in [0.717, 1.165) is 6.54 Å². The summed E-state index contributed by atoms with van der Waals surface area (Å²) in [6.45, 7) is 5.48. The van der Waals surface area contributed by atoms with Gasteiger partial charge in [0.25, 0.3) is 0 Å². The Balaban J connectivity index is 0.000000433. The van der Waals surface area contributed by atoms with E-state index in [1.165, 1.54) is 12.8 Å². The van der Waals surface area contributed by atoms with E-state index in [1.54, 1.807) is 7.11 Å². The summed E-state index contributed by atoms with van der Waals surface area (Å²) in [6, 6.07) is 0. The van der Waals surface area contributed by atoms with Gasteiger partial charge in [-0.3, -0.25) is 0 Å². The predicted molar refractivity (Wildman–Crippen MR) is 83.7 cm³/mol. The summed E-state index contributed by atoms with van der Waals surface area (Å²) in [5, 5.41) is 9.93. The van der Waals surface area contributed by atoms with Crippen LogP contribution >= 0.6 is 0 Å². The van der Waals surface area contributed by atoms with Crippen LogP contribution in [0, 0.1) is 0 Å². The molecule has 0 fully saturated rings. The van der Waals surface area contributed by atoms with Gasteiger partial charge in [-0.25, -0.2) is 9.13 Å². The Kier molecular flexibility index (Phi) is 14.5. The van der Waals surface area contributed by atoms with E-state index in [0.29, 0.717) is 26.4 Å². The molecule has 134 valence electrons. The first-order valence-corrected chi connectivity index (χ1v) is 7.95. The van der Waals surface area contributed by atoms with E-state index in [-0.39, 0.29) is 13.0 Å². The number of hydrogen-bond donors (Lipinski definition) is 0. The standard InChI is InChI=1S/C8H15N2.C8H16O5/c1-3-4-5-10-7-6-9(2)8-10;1-11-4-5-13-7-6-12-3-2-8(9)10/h6-8H,3-5H2,1-2H3;2-7H2,1H3,(H,9,10)/q+1;/p-1. The Morgan fingerprint density at radius 2 is 1.83 bits per heavy atom. The molecule has 0 N–H and O–H groups in total. The van der Waals surface area contributed by atoms with Gasteiger partial charge in [0.1, 0.15) is 12.4 Å². The van der Waals surface area contributed by atoms with Crippen LogP contribution in [-0.4, -0.2) is 50.7 Å². The molecule has 0 saturated heterocycles. The highest BCUT2D eigenvalue weighted by Gasteiger charge is 1.96. The summed E-state index contributed by atoms with van der Waals surface area (Å²) in [7, 11) is 3.64. The molecule has 0 atom stereocenters. The molecule has 0 aliphatic heterocycles. The van der Waals surface area contributed by atoms with Crippen LogP contribution < -0.4 is 9.67 Å². The van der Waals surface area contributed by atoms with Gasteiger partial charge in [0.15, 0.2) is 0 Å². The van der Waals surface area contributed by atoms with Crippen molar-refractivity contribution in [3.8, 4) is 0 Å². The third kappa shape index (κ3) is 15.2. The second-order valence-corrected chi connectivity index (χ2v) is 5.01. The van der Waals surface area contributed by atoms with Gasteiger partial charge >= 0.3 is 0 Å². The van der Waals surface area contributed by atoms with Crippen molar-refractivity contribution in [1.29, 1.82) is 0 Å². The number of carbonyl (C=O) groups excluding carboxylic acids is 1. The Morgan fingerprint density at radius 3 is 2.35 bits per heavy atom. The summed E-state index contributed by atoms with van der Waals surface area (Å²) in [5.74, 6) is -1.10. The fourth-order valence-corrected chi connectivity index (χ4v) is 1.59. The Labute approximate surface area is 138 Å². The molecule has 0 aliphatic rings. The number of methoxy groups -OCH3 is 1. The number of imidazole rings is 1. The number of nitrogens with zero attached hydrogens (tertiary/aromatic N) is 2. The lowest BCUT2D eigenvalue weighted by molar-refractivity contribution is -0.671. The van der Waals surface area contributed by atoms with E-state index < -0.39 is 5.97 Å². The van der Waals surface area contributed by atoms with E-state index in [4.69, 9.17) is 14.2 Å². The van der Waals surface area contributed by atoms with Crippen LogP contribution in [0.2, 0.25) is 0 Å². The quantitative estimate of drug-likeness (QED) is 0.396. The van der Waals surface area contributed by atoms with E-state index in [2.05, 4.69) is 34.8 Å². The summed E-state index contributed by atoms with van der Waals surface area (Å²) >= 11 is 0. The van der Waals surface area contributed by atoms with Gasteiger partial charge in [-0.2, -0.15) is 0 Å². The molecule has 1 heterocycles. The van der Waals surface area contributed by atoms with Gasteiger partial charge < -0.3 is 24.1 Å². The predicted octanol–water partition coefficient (Wildman–Crippen LogP) is -0.0813. The number of rotatable bonds is 12.